The van der Waals surface area contributed by atoms with Crippen LogP contribution in [-0.4, -0.2) is 19.2 Å². The van der Waals surface area contributed by atoms with E-state index in [4.69, 9.17) is 9.15 Å². The van der Waals surface area contributed by atoms with Crippen LogP contribution in [-0.2, 0) is 9.53 Å². The minimum atomic E-state index is -0.732. The fourth-order valence-electron chi connectivity index (χ4n) is 2.16. The van der Waals surface area contributed by atoms with Gasteiger partial charge in [0, 0.05) is 16.5 Å². The molecular formula is C16H18O5. The van der Waals surface area contributed by atoms with Crippen LogP contribution in [0.3, 0.4) is 0 Å². The molecule has 1 atom stereocenters. The summed E-state index contributed by atoms with van der Waals surface area (Å²) >= 11 is 0. The summed E-state index contributed by atoms with van der Waals surface area (Å²) in [5.41, 5.74) is 2.29. The molecule has 5 heteroatoms. The standard InChI is InChI=1S/C16H18O5/c1-8-9(2)15(17)21-14-10(3)13(7-6-12(8)14)20-11(4)16(18)19-5/h6-7,11H,1-5H3. The number of carbonyl (C=O) groups is 1. The highest BCUT2D eigenvalue weighted by Gasteiger charge is 2.18. The molecule has 2 aromatic rings. The van der Waals surface area contributed by atoms with Gasteiger partial charge in [-0.3, -0.25) is 0 Å². The molecule has 0 aliphatic heterocycles. The van der Waals surface area contributed by atoms with E-state index in [0.29, 0.717) is 22.5 Å². The molecule has 0 amide bonds. The highest BCUT2D eigenvalue weighted by molar-refractivity contribution is 5.85. The Morgan fingerprint density at radius 2 is 1.81 bits per heavy atom. The molecule has 1 aromatic heterocycles. The lowest BCUT2D eigenvalue weighted by atomic mass is 10.0. The summed E-state index contributed by atoms with van der Waals surface area (Å²) in [6.07, 6.45) is -0.732. The van der Waals surface area contributed by atoms with E-state index in [1.807, 2.05) is 13.0 Å². The van der Waals surface area contributed by atoms with Gasteiger partial charge in [0.1, 0.15) is 11.3 Å². The molecule has 5 nitrogen and oxygen atoms in total. The lowest BCUT2D eigenvalue weighted by Gasteiger charge is -2.15. The highest BCUT2D eigenvalue weighted by atomic mass is 16.6. The van der Waals surface area contributed by atoms with Crippen LogP contribution in [0.4, 0.5) is 0 Å². The first kappa shape index (κ1) is 15.1. The largest absolute Gasteiger partial charge is 0.479 e. The summed E-state index contributed by atoms with van der Waals surface area (Å²) in [6, 6.07) is 3.59. The van der Waals surface area contributed by atoms with E-state index >= 15 is 0 Å². The van der Waals surface area contributed by atoms with E-state index in [1.165, 1.54) is 7.11 Å². The van der Waals surface area contributed by atoms with Crippen LogP contribution >= 0.6 is 0 Å². The van der Waals surface area contributed by atoms with Crippen molar-refractivity contribution in [1.29, 1.82) is 0 Å². The molecule has 21 heavy (non-hydrogen) atoms. The second kappa shape index (κ2) is 5.60. The molecule has 0 aliphatic carbocycles. The molecule has 2 rings (SSSR count). The minimum absolute atomic E-state index is 0.360. The number of methoxy groups -OCH3 is 1. The molecule has 0 bridgehead atoms. The monoisotopic (exact) mass is 290 g/mol. The summed E-state index contributed by atoms with van der Waals surface area (Å²) in [4.78, 5) is 23.2. The summed E-state index contributed by atoms with van der Waals surface area (Å²) in [5.74, 6) is 0.0304. The summed E-state index contributed by atoms with van der Waals surface area (Å²) < 4.78 is 15.6. The quantitative estimate of drug-likeness (QED) is 0.642. The third-order valence-corrected chi connectivity index (χ3v) is 3.66. The Morgan fingerprint density at radius 3 is 2.43 bits per heavy atom. The number of esters is 1. The van der Waals surface area contributed by atoms with Gasteiger partial charge in [-0.1, -0.05) is 0 Å². The van der Waals surface area contributed by atoms with Crippen molar-refractivity contribution in [2.45, 2.75) is 33.8 Å². The Hall–Kier alpha value is -2.30. The third kappa shape index (κ3) is 2.63. The second-order valence-electron chi connectivity index (χ2n) is 4.99. The second-order valence-corrected chi connectivity index (χ2v) is 4.99. The fourth-order valence-corrected chi connectivity index (χ4v) is 2.16. The Morgan fingerprint density at radius 1 is 1.14 bits per heavy atom. The zero-order valence-electron chi connectivity index (χ0n) is 12.8. The van der Waals surface area contributed by atoms with Crippen molar-refractivity contribution in [3.63, 3.8) is 0 Å². The van der Waals surface area contributed by atoms with Crippen molar-refractivity contribution in [2.75, 3.05) is 7.11 Å². The molecule has 0 spiro atoms. The van der Waals surface area contributed by atoms with Gasteiger partial charge in [-0.15, -0.1) is 0 Å². The predicted molar refractivity (Wildman–Crippen MR) is 78.8 cm³/mol. The van der Waals surface area contributed by atoms with Crippen LogP contribution in [0.25, 0.3) is 11.0 Å². The van der Waals surface area contributed by atoms with Crippen LogP contribution < -0.4 is 10.4 Å². The first-order valence-electron chi connectivity index (χ1n) is 6.65. The molecule has 0 saturated carbocycles. The average molecular weight is 290 g/mol. The molecule has 1 aromatic carbocycles. The minimum Gasteiger partial charge on any atom is -0.479 e. The van der Waals surface area contributed by atoms with Gasteiger partial charge in [-0.05, 0) is 45.4 Å². The third-order valence-electron chi connectivity index (χ3n) is 3.66. The van der Waals surface area contributed by atoms with Crippen molar-refractivity contribution in [3.05, 3.63) is 39.2 Å². The topological polar surface area (TPSA) is 65.7 Å². The maximum atomic E-state index is 11.8. The van der Waals surface area contributed by atoms with Crippen molar-refractivity contribution in [1.82, 2.24) is 0 Å². The van der Waals surface area contributed by atoms with E-state index in [2.05, 4.69) is 4.74 Å². The number of rotatable bonds is 3. The zero-order valence-corrected chi connectivity index (χ0v) is 12.8. The van der Waals surface area contributed by atoms with Gasteiger partial charge in [-0.2, -0.15) is 0 Å². The van der Waals surface area contributed by atoms with Gasteiger partial charge in [0.2, 0.25) is 0 Å². The van der Waals surface area contributed by atoms with E-state index < -0.39 is 12.1 Å². The van der Waals surface area contributed by atoms with Gasteiger partial charge in [-0.25, -0.2) is 9.59 Å². The SMILES string of the molecule is COC(=O)C(C)Oc1ccc2c(C)c(C)c(=O)oc2c1C. The average Bonchev–Trinajstić information content (AvgIpc) is 2.47. The first-order valence-corrected chi connectivity index (χ1v) is 6.65. The number of carbonyl (C=O) groups excluding carboxylic acids is 1. The van der Waals surface area contributed by atoms with Crippen molar-refractivity contribution < 1.29 is 18.7 Å². The van der Waals surface area contributed by atoms with Crippen LogP contribution in [0.5, 0.6) is 5.75 Å². The van der Waals surface area contributed by atoms with Crippen molar-refractivity contribution in [3.8, 4) is 5.75 Å². The smallest absolute Gasteiger partial charge is 0.346 e. The number of aryl methyl sites for hydroxylation is 2. The van der Waals surface area contributed by atoms with Crippen molar-refractivity contribution >= 4 is 16.9 Å². The van der Waals surface area contributed by atoms with E-state index in [0.717, 1.165) is 10.9 Å². The van der Waals surface area contributed by atoms with Crippen LogP contribution in [0.2, 0.25) is 0 Å². The Balaban J connectivity index is 2.55. The Labute approximate surface area is 122 Å². The highest BCUT2D eigenvalue weighted by Crippen LogP contribution is 2.29. The van der Waals surface area contributed by atoms with Gasteiger partial charge < -0.3 is 13.9 Å². The van der Waals surface area contributed by atoms with E-state index in [1.54, 1.807) is 26.8 Å². The molecule has 0 saturated heterocycles. The van der Waals surface area contributed by atoms with E-state index in [-0.39, 0.29) is 5.63 Å². The van der Waals surface area contributed by atoms with Crippen LogP contribution in [0.1, 0.15) is 23.6 Å². The van der Waals surface area contributed by atoms with Gasteiger partial charge in [0.05, 0.1) is 7.11 Å². The number of ether oxygens (including phenoxy) is 2. The summed E-state index contributed by atoms with van der Waals surface area (Å²) in [5, 5.41) is 0.864. The summed E-state index contributed by atoms with van der Waals surface area (Å²) in [7, 11) is 1.31. The van der Waals surface area contributed by atoms with Gasteiger partial charge in [0.25, 0.3) is 0 Å². The molecule has 0 N–H and O–H groups in total. The fraction of sp³-hybridized carbons (Fsp3) is 0.375. The molecule has 1 unspecified atom stereocenters. The summed E-state index contributed by atoms with van der Waals surface area (Å²) in [6.45, 7) is 7.01. The lowest BCUT2D eigenvalue weighted by Crippen LogP contribution is -2.25. The normalized spacial score (nSPS) is 12.2. The molecule has 1 heterocycles. The number of fused-ring (bicyclic) bond motifs is 1. The van der Waals surface area contributed by atoms with Crippen LogP contribution in [0.15, 0.2) is 21.3 Å². The number of benzene rings is 1. The molecule has 0 radical (unpaired) electrons. The van der Waals surface area contributed by atoms with Crippen LogP contribution in [0, 0.1) is 20.8 Å². The predicted octanol–water partition coefficient (Wildman–Crippen LogP) is 2.66. The molecule has 0 aliphatic rings. The van der Waals surface area contributed by atoms with Gasteiger partial charge >= 0.3 is 11.6 Å². The molecule has 0 fully saturated rings. The maximum Gasteiger partial charge on any atom is 0.346 e. The molecular weight excluding hydrogens is 272 g/mol. The Kier molecular flexibility index (Phi) is 4.02. The first-order chi connectivity index (χ1) is 9.86. The zero-order chi connectivity index (χ0) is 15.7. The van der Waals surface area contributed by atoms with Gasteiger partial charge in [0.15, 0.2) is 6.10 Å². The Bertz CT molecular complexity index is 757. The number of hydrogen-bond acceptors (Lipinski definition) is 5. The van der Waals surface area contributed by atoms with E-state index in [9.17, 15) is 9.59 Å². The molecule has 112 valence electrons. The maximum absolute atomic E-state index is 11.8. The number of hydrogen-bond donors (Lipinski definition) is 0. The van der Waals surface area contributed by atoms with Crippen molar-refractivity contribution in [2.24, 2.45) is 0 Å². The lowest BCUT2D eigenvalue weighted by molar-refractivity contribution is -0.147.